The molecule has 1 amide bonds. The number of nitrogens with zero attached hydrogens (tertiary/aromatic N) is 4. The summed E-state index contributed by atoms with van der Waals surface area (Å²) in [5.41, 5.74) is 6.66. The zero-order valence-corrected chi connectivity index (χ0v) is 24.3. The third-order valence-corrected chi connectivity index (χ3v) is 8.23. The molecule has 0 bridgehead atoms. The van der Waals surface area contributed by atoms with Crippen LogP contribution >= 0.6 is 0 Å². The first kappa shape index (κ1) is 28.7. The summed E-state index contributed by atoms with van der Waals surface area (Å²) in [6.45, 7) is 5.80. The minimum atomic E-state index is 0.129. The normalized spacial score (nSPS) is 14.2. The Bertz CT molecular complexity index is 1330. The van der Waals surface area contributed by atoms with Crippen molar-refractivity contribution in [3.05, 3.63) is 120 Å². The third kappa shape index (κ3) is 8.11. The van der Waals surface area contributed by atoms with E-state index in [2.05, 4.69) is 93.4 Å². The number of hydrogen-bond acceptors (Lipinski definition) is 4. The van der Waals surface area contributed by atoms with Gasteiger partial charge in [-0.05, 0) is 60.1 Å². The first-order chi connectivity index (χ1) is 20.2. The van der Waals surface area contributed by atoms with E-state index < -0.39 is 0 Å². The molecule has 3 aromatic carbocycles. The highest BCUT2D eigenvalue weighted by molar-refractivity contribution is 5.94. The van der Waals surface area contributed by atoms with Gasteiger partial charge in [0.1, 0.15) is 6.33 Å². The van der Waals surface area contributed by atoms with Gasteiger partial charge >= 0.3 is 0 Å². The monoisotopic (exact) mass is 546 g/mol. The van der Waals surface area contributed by atoms with E-state index in [1.165, 1.54) is 36.8 Å². The predicted molar refractivity (Wildman–Crippen MR) is 166 cm³/mol. The van der Waals surface area contributed by atoms with Crippen LogP contribution in [0.2, 0.25) is 0 Å². The van der Waals surface area contributed by atoms with E-state index in [0.717, 1.165) is 61.2 Å². The number of carbonyl (C=O) groups excluding carboxylic acids is 1. The van der Waals surface area contributed by atoms with Gasteiger partial charge in [0.2, 0.25) is 0 Å². The highest BCUT2D eigenvalue weighted by Crippen LogP contribution is 2.25. The first-order valence-corrected chi connectivity index (χ1v) is 15.2. The lowest BCUT2D eigenvalue weighted by atomic mass is 9.99. The summed E-state index contributed by atoms with van der Waals surface area (Å²) in [7, 11) is 0. The number of hydrogen-bond donors (Lipinski definition) is 0. The molecule has 212 valence electrons. The largest absolute Gasteiger partial charge is 0.331 e. The van der Waals surface area contributed by atoms with Crippen LogP contribution in [0.1, 0.15) is 72.5 Å². The molecule has 1 aromatic heterocycles. The standard InChI is InChI=1S/C36H42N4O/c1-2-3-4-6-9-29-12-18-33(19-13-29)36(41)40(27-31-14-16-32(17-15-31)34-24-37-28-38-25-34)35-20-22-39(23-21-35)26-30-10-7-5-8-11-30/h5,7-8,10-19,24-25,28,35H,2-4,6,9,20-23,26-27H2,1H3. The molecule has 1 saturated heterocycles. The van der Waals surface area contributed by atoms with Gasteiger partial charge in [0.25, 0.3) is 5.91 Å². The van der Waals surface area contributed by atoms with E-state index in [-0.39, 0.29) is 11.9 Å². The Morgan fingerprint density at radius 1 is 0.780 bits per heavy atom. The molecule has 5 nitrogen and oxygen atoms in total. The molecule has 41 heavy (non-hydrogen) atoms. The molecule has 0 unspecified atom stereocenters. The minimum absolute atomic E-state index is 0.129. The van der Waals surface area contributed by atoms with Crippen molar-refractivity contribution in [3.8, 4) is 11.1 Å². The second-order valence-corrected chi connectivity index (χ2v) is 11.3. The number of aromatic nitrogens is 2. The summed E-state index contributed by atoms with van der Waals surface area (Å²) in [6.07, 6.45) is 13.3. The third-order valence-electron chi connectivity index (χ3n) is 8.23. The summed E-state index contributed by atoms with van der Waals surface area (Å²) in [5, 5.41) is 0. The molecule has 5 heteroatoms. The highest BCUT2D eigenvalue weighted by atomic mass is 16.2. The Hall–Kier alpha value is -3.83. The van der Waals surface area contributed by atoms with Crippen molar-refractivity contribution in [3.63, 3.8) is 0 Å². The van der Waals surface area contributed by atoms with Gasteiger partial charge in [-0.15, -0.1) is 0 Å². The van der Waals surface area contributed by atoms with Gasteiger partial charge in [0.15, 0.2) is 0 Å². The van der Waals surface area contributed by atoms with Crippen LogP contribution in [0.5, 0.6) is 0 Å². The molecule has 1 aliphatic rings. The van der Waals surface area contributed by atoms with Crippen LogP contribution in [0.4, 0.5) is 0 Å². The maximum absolute atomic E-state index is 14.0. The van der Waals surface area contributed by atoms with Crippen LogP contribution < -0.4 is 0 Å². The molecule has 2 heterocycles. The minimum Gasteiger partial charge on any atom is -0.331 e. The van der Waals surface area contributed by atoms with Crippen molar-refractivity contribution in [1.82, 2.24) is 19.8 Å². The molecule has 0 radical (unpaired) electrons. The van der Waals surface area contributed by atoms with Crippen molar-refractivity contribution in [1.29, 1.82) is 0 Å². The van der Waals surface area contributed by atoms with Crippen molar-refractivity contribution in [2.45, 2.75) is 71.0 Å². The van der Waals surface area contributed by atoms with Crippen molar-refractivity contribution >= 4 is 5.91 Å². The van der Waals surface area contributed by atoms with E-state index >= 15 is 0 Å². The molecule has 5 rings (SSSR count). The van der Waals surface area contributed by atoms with Crippen LogP contribution in [0.3, 0.4) is 0 Å². The van der Waals surface area contributed by atoms with E-state index in [1.807, 2.05) is 24.5 Å². The summed E-state index contributed by atoms with van der Waals surface area (Å²) in [5.74, 6) is 0.129. The van der Waals surface area contributed by atoms with Gasteiger partial charge in [0, 0.05) is 55.7 Å². The Labute approximate surface area is 245 Å². The van der Waals surface area contributed by atoms with E-state index in [4.69, 9.17) is 0 Å². The molecular weight excluding hydrogens is 504 g/mol. The molecule has 0 atom stereocenters. The number of amides is 1. The maximum Gasteiger partial charge on any atom is 0.254 e. The lowest BCUT2D eigenvalue weighted by Gasteiger charge is -2.39. The first-order valence-electron chi connectivity index (χ1n) is 15.2. The van der Waals surface area contributed by atoms with Gasteiger partial charge < -0.3 is 4.90 Å². The Balaban J connectivity index is 1.29. The summed E-state index contributed by atoms with van der Waals surface area (Å²) in [4.78, 5) is 26.9. The number of unbranched alkanes of at least 4 members (excludes halogenated alkanes) is 3. The molecule has 0 N–H and O–H groups in total. The highest BCUT2D eigenvalue weighted by Gasteiger charge is 2.29. The number of benzene rings is 3. The fraction of sp³-hybridized carbons (Fsp3) is 0.361. The number of carbonyl (C=O) groups is 1. The summed E-state index contributed by atoms with van der Waals surface area (Å²) < 4.78 is 0. The smallest absolute Gasteiger partial charge is 0.254 e. The van der Waals surface area contributed by atoms with Gasteiger partial charge in [-0.25, -0.2) is 9.97 Å². The van der Waals surface area contributed by atoms with Gasteiger partial charge in [-0.3, -0.25) is 9.69 Å². The maximum atomic E-state index is 14.0. The average molecular weight is 547 g/mol. The number of likely N-dealkylation sites (tertiary alicyclic amines) is 1. The molecule has 0 spiro atoms. The van der Waals surface area contributed by atoms with Gasteiger partial charge in [-0.2, -0.15) is 0 Å². The zero-order valence-electron chi connectivity index (χ0n) is 24.3. The molecule has 0 aliphatic carbocycles. The Morgan fingerprint density at radius 3 is 2.15 bits per heavy atom. The number of rotatable bonds is 12. The topological polar surface area (TPSA) is 49.3 Å². The second kappa shape index (κ2) is 14.7. The van der Waals surface area contributed by atoms with Crippen LogP contribution in [0.25, 0.3) is 11.1 Å². The van der Waals surface area contributed by atoms with Gasteiger partial charge in [0.05, 0.1) is 0 Å². The lowest BCUT2D eigenvalue weighted by Crippen LogP contribution is -2.46. The quantitative estimate of drug-likeness (QED) is 0.172. The van der Waals surface area contributed by atoms with Crippen molar-refractivity contribution < 1.29 is 4.79 Å². The van der Waals surface area contributed by atoms with Gasteiger partial charge in [-0.1, -0.05) is 92.9 Å². The predicted octanol–water partition coefficient (Wildman–Crippen LogP) is 7.57. The van der Waals surface area contributed by atoms with E-state index in [9.17, 15) is 4.79 Å². The van der Waals surface area contributed by atoms with Crippen molar-refractivity contribution in [2.75, 3.05) is 13.1 Å². The summed E-state index contributed by atoms with van der Waals surface area (Å²) in [6, 6.07) is 27.7. The zero-order chi connectivity index (χ0) is 28.3. The number of piperidine rings is 1. The fourth-order valence-corrected chi connectivity index (χ4v) is 5.78. The fourth-order valence-electron chi connectivity index (χ4n) is 5.78. The molecular formula is C36H42N4O. The van der Waals surface area contributed by atoms with Crippen molar-refractivity contribution in [2.24, 2.45) is 0 Å². The second-order valence-electron chi connectivity index (χ2n) is 11.3. The SMILES string of the molecule is CCCCCCc1ccc(C(=O)N(Cc2ccc(-c3cncnc3)cc2)C2CCN(Cc3ccccc3)CC2)cc1. The number of aryl methyl sites for hydroxylation is 1. The Kier molecular flexibility index (Phi) is 10.3. The van der Waals surface area contributed by atoms with Crippen LogP contribution in [-0.4, -0.2) is 44.8 Å². The molecule has 1 aliphatic heterocycles. The molecule has 1 fully saturated rings. The average Bonchev–Trinajstić information content (AvgIpc) is 3.04. The van der Waals surface area contributed by atoms with Crippen LogP contribution in [0, 0.1) is 0 Å². The van der Waals surface area contributed by atoms with Crippen LogP contribution in [-0.2, 0) is 19.5 Å². The summed E-state index contributed by atoms with van der Waals surface area (Å²) >= 11 is 0. The molecule has 0 saturated carbocycles. The van der Waals surface area contributed by atoms with E-state index in [0.29, 0.717) is 6.54 Å². The Morgan fingerprint density at radius 2 is 1.46 bits per heavy atom. The van der Waals surface area contributed by atoms with Crippen LogP contribution in [0.15, 0.2) is 97.6 Å². The lowest BCUT2D eigenvalue weighted by molar-refractivity contribution is 0.0543. The molecule has 4 aromatic rings. The van der Waals surface area contributed by atoms with E-state index in [1.54, 1.807) is 6.33 Å².